The molecule has 0 amide bonds. The summed E-state index contributed by atoms with van der Waals surface area (Å²) >= 11 is 0. The number of carbonyl (C=O) groups excluding carboxylic acids is 1. The molecule has 1 aromatic carbocycles. The van der Waals surface area contributed by atoms with Gasteiger partial charge in [-0.3, -0.25) is 0 Å². The zero-order valence-corrected chi connectivity index (χ0v) is 10.3. The van der Waals surface area contributed by atoms with Gasteiger partial charge in [-0.1, -0.05) is 0 Å². The summed E-state index contributed by atoms with van der Waals surface area (Å²) < 4.78 is 15.0. The smallest absolute Gasteiger partial charge is 0.343 e. The number of rotatable bonds is 5. The van der Waals surface area contributed by atoms with Crippen LogP contribution in [0.4, 0.5) is 5.69 Å². The van der Waals surface area contributed by atoms with Gasteiger partial charge >= 0.3 is 5.97 Å². The summed E-state index contributed by atoms with van der Waals surface area (Å²) in [5.41, 5.74) is 1.02. The summed E-state index contributed by atoms with van der Waals surface area (Å²) in [7, 11) is 1.34. The predicted molar refractivity (Wildman–Crippen MR) is 66.8 cm³/mol. The van der Waals surface area contributed by atoms with E-state index >= 15 is 0 Å². The first-order chi connectivity index (χ1) is 8.78. The molecule has 0 aromatic heterocycles. The minimum atomic E-state index is -0.389. The van der Waals surface area contributed by atoms with Crippen LogP contribution in [0, 0.1) is 0 Å². The molecule has 0 bridgehead atoms. The Kier molecular flexibility index (Phi) is 4.41. The van der Waals surface area contributed by atoms with Gasteiger partial charge in [0.05, 0.1) is 19.8 Å². The normalized spacial score (nSPS) is 18.4. The van der Waals surface area contributed by atoms with E-state index in [0.717, 1.165) is 25.3 Å². The molecule has 1 aromatic rings. The van der Waals surface area contributed by atoms with Gasteiger partial charge in [-0.05, 0) is 30.7 Å². The quantitative estimate of drug-likeness (QED) is 0.802. The zero-order chi connectivity index (χ0) is 12.8. The summed E-state index contributed by atoms with van der Waals surface area (Å²) in [6.07, 6.45) is 1.03. The van der Waals surface area contributed by atoms with Crippen LogP contribution in [-0.4, -0.2) is 38.9 Å². The topological polar surface area (TPSA) is 56.8 Å². The van der Waals surface area contributed by atoms with Gasteiger partial charge in [0, 0.05) is 12.3 Å². The fourth-order valence-electron chi connectivity index (χ4n) is 1.73. The number of hydrogen-bond donors (Lipinski definition) is 1. The van der Waals surface area contributed by atoms with E-state index in [4.69, 9.17) is 9.47 Å². The van der Waals surface area contributed by atoms with E-state index < -0.39 is 0 Å². The van der Waals surface area contributed by atoms with Gasteiger partial charge in [-0.15, -0.1) is 0 Å². The molecule has 0 aliphatic carbocycles. The molecular weight excluding hydrogens is 234 g/mol. The van der Waals surface area contributed by atoms with Gasteiger partial charge in [0.25, 0.3) is 0 Å². The molecule has 0 spiro atoms. The van der Waals surface area contributed by atoms with Crippen molar-refractivity contribution in [3.63, 3.8) is 0 Å². The lowest BCUT2D eigenvalue weighted by atomic mass is 10.2. The maximum Gasteiger partial charge on any atom is 0.343 e. The summed E-state index contributed by atoms with van der Waals surface area (Å²) in [6.45, 7) is 1.50. The van der Waals surface area contributed by atoms with Crippen LogP contribution in [0.15, 0.2) is 24.3 Å². The monoisotopic (exact) mass is 251 g/mol. The van der Waals surface area contributed by atoms with Crippen molar-refractivity contribution in [3.05, 3.63) is 24.3 Å². The highest BCUT2D eigenvalue weighted by Crippen LogP contribution is 2.18. The number of hydrogen-bond acceptors (Lipinski definition) is 5. The van der Waals surface area contributed by atoms with E-state index in [1.54, 1.807) is 0 Å². The second kappa shape index (κ2) is 6.26. The Morgan fingerprint density at radius 1 is 1.44 bits per heavy atom. The Labute approximate surface area is 106 Å². The number of carbonyl (C=O) groups is 1. The van der Waals surface area contributed by atoms with Crippen LogP contribution in [0.2, 0.25) is 0 Å². The Hall–Kier alpha value is -1.75. The van der Waals surface area contributed by atoms with E-state index in [9.17, 15) is 4.79 Å². The number of benzene rings is 1. The van der Waals surface area contributed by atoms with Crippen LogP contribution >= 0.6 is 0 Å². The summed E-state index contributed by atoms with van der Waals surface area (Å²) in [6, 6.07) is 7.87. The average molecular weight is 251 g/mol. The molecule has 1 aliphatic rings. The van der Waals surface area contributed by atoms with E-state index in [2.05, 4.69) is 10.1 Å². The predicted octanol–water partition coefficient (Wildman–Crippen LogP) is 1.44. The van der Waals surface area contributed by atoms with Gasteiger partial charge in [0.2, 0.25) is 0 Å². The fraction of sp³-hybridized carbons (Fsp3) is 0.462. The molecule has 1 saturated heterocycles. The van der Waals surface area contributed by atoms with E-state index in [0.29, 0.717) is 11.8 Å². The fourth-order valence-corrected chi connectivity index (χ4v) is 1.73. The number of anilines is 1. The number of ether oxygens (including phenoxy) is 3. The molecule has 1 atom stereocenters. The van der Waals surface area contributed by atoms with Crippen molar-refractivity contribution in [2.45, 2.75) is 12.5 Å². The highest BCUT2D eigenvalue weighted by molar-refractivity contribution is 5.70. The van der Waals surface area contributed by atoms with Gasteiger partial charge < -0.3 is 19.5 Å². The summed E-state index contributed by atoms with van der Waals surface area (Å²) in [5.74, 6) is 0.258. The molecule has 1 unspecified atom stereocenters. The number of esters is 1. The Balaban J connectivity index is 1.82. The Bertz CT molecular complexity index is 384. The lowest BCUT2D eigenvalue weighted by molar-refractivity contribution is -0.142. The molecule has 1 heterocycles. The van der Waals surface area contributed by atoms with Crippen LogP contribution in [0.5, 0.6) is 5.75 Å². The van der Waals surface area contributed by atoms with Crippen molar-refractivity contribution in [1.82, 2.24) is 0 Å². The summed E-state index contributed by atoms with van der Waals surface area (Å²) in [5, 5.41) is 3.37. The van der Waals surface area contributed by atoms with Crippen molar-refractivity contribution in [1.29, 1.82) is 0 Å². The van der Waals surface area contributed by atoms with E-state index in [1.165, 1.54) is 7.11 Å². The Morgan fingerprint density at radius 2 is 2.22 bits per heavy atom. The zero-order valence-electron chi connectivity index (χ0n) is 10.3. The lowest BCUT2D eigenvalue weighted by Gasteiger charge is -2.12. The van der Waals surface area contributed by atoms with Crippen LogP contribution in [-0.2, 0) is 14.3 Å². The van der Waals surface area contributed by atoms with Crippen molar-refractivity contribution in [2.75, 3.05) is 32.2 Å². The highest BCUT2D eigenvalue weighted by atomic mass is 16.6. The molecular formula is C13H17NO4. The first-order valence-corrected chi connectivity index (χ1v) is 5.92. The van der Waals surface area contributed by atoms with Gasteiger partial charge in [-0.25, -0.2) is 4.79 Å². The minimum absolute atomic E-state index is 0.0697. The Morgan fingerprint density at radius 3 is 2.83 bits per heavy atom. The van der Waals surface area contributed by atoms with Crippen LogP contribution < -0.4 is 10.1 Å². The molecule has 5 nitrogen and oxygen atoms in total. The van der Waals surface area contributed by atoms with Gasteiger partial charge in [-0.2, -0.15) is 0 Å². The minimum Gasteiger partial charge on any atom is -0.482 e. The van der Waals surface area contributed by atoms with Crippen molar-refractivity contribution < 1.29 is 19.0 Å². The molecule has 1 aliphatic heterocycles. The standard InChI is InChI=1S/C13H17NO4/c1-16-13(15)9-18-12-4-2-10(3-5-12)14-11-6-7-17-8-11/h2-5,11,14H,6-9H2,1H3. The van der Waals surface area contributed by atoms with Crippen LogP contribution in [0.3, 0.4) is 0 Å². The van der Waals surface area contributed by atoms with Crippen LogP contribution in [0.1, 0.15) is 6.42 Å². The number of methoxy groups -OCH3 is 1. The van der Waals surface area contributed by atoms with E-state index in [1.807, 2.05) is 24.3 Å². The highest BCUT2D eigenvalue weighted by Gasteiger charge is 2.14. The van der Waals surface area contributed by atoms with Crippen molar-refractivity contribution >= 4 is 11.7 Å². The lowest BCUT2D eigenvalue weighted by Crippen LogP contribution is -2.18. The third-order valence-electron chi connectivity index (χ3n) is 2.74. The molecule has 2 rings (SSSR count). The molecule has 1 fully saturated rings. The molecule has 18 heavy (non-hydrogen) atoms. The first kappa shape index (κ1) is 12.7. The van der Waals surface area contributed by atoms with Crippen molar-refractivity contribution in [3.8, 4) is 5.75 Å². The van der Waals surface area contributed by atoms with Gasteiger partial charge in [0.15, 0.2) is 6.61 Å². The third kappa shape index (κ3) is 3.63. The molecule has 0 saturated carbocycles. The summed E-state index contributed by atoms with van der Waals surface area (Å²) in [4.78, 5) is 10.9. The molecule has 1 N–H and O–H groups in total. The van der Waals surface area contributed by atoms with E-state index in [-0.39, 0.29) is 12.6 Å². The van der Waals surface area contributed by atoms with Gasteiger partial charge in [0.1, 0.15) is 5.75 Å². The SMILES string of the molecule is COC(=O)COc1ccc(NC2CCOC2)cc1. The molecule has 0 radical (unpaired) electrons. The van der Waals surface area contributed by atoms with Crippen LogP contribution in [0.25, 0.3) is 0 Å². The largest absolute Gasteiger partial charge is 0.482 e. The second-order valence-electron chi connectivity index (χ2n) is 4.09. The maximum absolute atomic E-state index is 10.9. The average Bonchev–Trinajstić information content (AvgIpc) is 2.90. The first-order valence-electron chi connectivity index (χ1n) is 5.92. The van der Waals surface area contributed by atoms with Crippen molar-refractivity contribution in [2.24, 2.45) is 0 Å². The maximum atomic E-state index is 10.9. The third-order valence-corrected chi connectivity index (χ3v) is 2.74. The second-order valence-corrected chi connectivity index (χ2v) is 4.09. The number of nitrogens with one attached hydrogen (secondary N) is 1. The molecule has 5 heteroatoms. The molecule has 98 valence electrons.